The van der Waals surface area contributed by atoms with Crippen LogP contribution in [0.1, 0.15) is 24.8 Å². The number of nitrogens with one attached hydrogen (secondary N) is 2. The third kappa shape index (κ3) is 5.66. The van der Waals surface area contributed by atoms with E-state index in [1.165, 1.54) is 0 Å². The zero-order valence-electron chi connectivity index (χ0n) is 16.9. The molecular formula is C21H27ClN4O4. The average molecular weight is 435 g/mol. The van der Waals surface area contributed by atoms with Gasteiger partial charge in [0, 0.05) is 44.6 Å². The standard InChI is InChI=1S/C21H27ClN4O4/c1-23-19-18(20(29)24-10-3-11-27)26(13-14-6-8-15(22)9-7-14)21(25-19)30-17-5-2-4-16(28)12-17/h2,5-9,17-18,21,27H,3-4,10-13H2,1H3,(H,23,25)(H,24,29). The number of rotatable bonds is 8. The zero-order chi connectivity index (χ0) is 21.5. The minimum absolute atomic E-state index is 0.000188. The number of halogens is 1. The summed E-state index contributed by atoms with van der Waals surface area (Å²) in [5.41, 5.74) is 0.954. The second kappa shape index (κ2) is 10.7. The highest BCUT2D eigenvalue weighted by Gasteiger charge is 2.43. The molecule has 1 fully saturated rings. The van der Waals surface area contributed by atoms with Gasteiger partial charge >= 0.3 is 0 Å². The van der Waals surface area contributed by atoms with Gasteiger partial charge in [0.15, 0.2) is 12.4 Å². The lowest BCUT2D eigenvalue weighted by molar-refractivity contribution is -0.136. The van der Waals surface area contributed by atoms with Gasteiger partial charge in [0.25, 0.3) is 0 Å². The molecule has 8 nitrogen and oxygen atoms in total. The highest BCUT2D eigenvalue weighted by Crippen LogP contribution is 2.23. The molecule has 1 amide bonds. The molecule has 9 heteroatoms. The molecule has 3 unspecified atom stereocenters. The molecule has 3 atom stereocenters. The van der Waals surface area contributed by atoms with E-state index >= 15 is 0 Å². The summed E-state index contributed by atoms with van der Waals surface area (Å²) in [6.45, 7) is 0.777. The normalized spacial score (nSPS) is 25.5. The van der Waals surface area contributed by atoms with E-state index in [1.807, 2.05) is 29.2 Å². The molecule has 0 radical (unpaired) electrons. The number of hydrogen-bond donors (Lipinski definition) is 3. The van der Waals surface area contributed by atoms with Crippen molar-refractivity contribution in [2.75, 3.05) is 20.2 Å². The number of ketones is 1. The Balaban J connectivity index is 1.82. The first-order valence-corrected chi connectivity index (χ1v) is 10.4. The van der Waals surface area contributed by atoms with Crippen LogP contribution in [0.2, 0.25) is 5.02 Å². The van der Waals surface area contributed by atoms with Crippen LogP contribution in [-0.2, 0) is 20.9 Å². The Morgan fingerprint density at radius 2 is 2.17 bits per heavy atom. The summed E-state index contributed by atoms with van der Waals surface area (Å²) in [5.74, 6) is 0.376. The Morgan fingerprint density at radius 3 is 2.83 bits per heavy atom. The highest BCUT2D eigenvalue weighted by molar-refractivity contribution is 6.30. The molecular weight excluding hydrogens is 408 g/mol. The maximum absolute atomic E-state index is 12.9. The van der Waals surface area contributed by atoms with Gasteiger partial charge in [0.05, 0.1) is 6.10 Å². The number of allylic oxidation sites excluding steroid dienone is 1. The number of carbonyl (C=O) groups is 2. The molecule has 1 aliphatic heterocycles. The summed E-state index contributed by atoms with van der Waals surface area (Å²) in [5, 5.41) is 15.6. The number of nitrogens with zero attached hydrogens (tertiary/aromatic N) is 2. The van der Waals surface area contributed by atoms with Crippen molar-refractivity contribution < 1.29 is 19.4 Å². The Hall–Kier alpha value is -2.26. The van der Waals surface area contributed by atoms with Gasteiger partial charge in [0.2, 0.25) is 5.91 Å². The molecule has 0 saturated carbocycles. The molecule has 1 aromatic carbocycles. The minimum Gasteiger partial charge on any atom is -0.396 e. The molecule has 3 N–H and O–H groups in total. The number of aliphatic hydroxyl groups is 1. The van der Waals surface area contributed by atoms with E-state index < -0.39 is 12.4 Å². The van der Waals surface area contributed by atoms with Gasteiger partial charge in [0.1, 0.15) is 11.6 Å². The number of carbonyl (C=O) groups excluding carboxylic acids is 2. The third-order valence-corrected chi connectivity index (χ3v) is 5.25. The maximum Gasteiger partial charge on any atom is 0.245 e. The van der Waals surface area contributed by atoms with E-state index in [-0.39, 0.29) is 24.4 Å². The topological polar surface area (TPSA) is 103 Å². The van der Waals surface area contributed by atoms with Crippen molar-refractivity contribution >= 4 is 29.1 Å². The van der Waals surface area contributed by atoms with Gasteiger partial charge in [-0.05, 0) is 24.1 Å². The van der Waals surface area contributed by atoms with Gasteiger partial charge in [-0.3, -0.25) is 14.6 Å². The smallest absolute Gasteiger partial charge is 0.245 e. The Bertz CT molecular complexity index is 812. The van der Waals surface area contributed by atoms with Crippen LogP contribution in [0.3, 0.4) is 0 Å². The van der Waals surface area contributed by atoms with Crippen molar-refractivity contribution in [3.05, 3.63) is 47.0 Å². The van der Waals surface area contributed by atoms with Gasteiger partial charge in [-0.15, -0.1) is 0 Å². The van der Waals surface area contributed by atoms with Crippen LogP contribution >= 0.6 is 11.6 Å². The summed E-state index contributed by atoms with van der Waals surface area (Å²) in [4.78, 5) is 30.9. The Labute approximate surface area is 180 Å². The highest BCUT2D eigenvalue weighted by atomic mass is 35.5. The van der Waals surface area contributed by atoms with Crippen molar-refractivity contribution in [2.45, 2.75) is 44.3 Å². The van der Waals surface area contributed by atoms with Crippen LogP contribution in [0.25, 0.3) is 0 Å². The number of benzene rings is 1. The lowest BCUT2D eigenvalue weighted by Crippen LogP contribution is -2.49. The lowest BCUT2D eigenvalue weighted by atomic mass is 10.0. The Kier molecular flexibility index (Phi) is 7.98. The number of amides is 1. The fraction of sp³-hybridized carbons (Fsp3) is 0.476. The van der Waals surface area contributed by atoms with E-state index in [0.29, 0.717) is 43.2 Å². The van der Waals surface area contributed by atoms with Crippen LogP contribution in [0.5, 0.6) is 0 Å². The van der Waals surface area contributed by atoms with Crippen LogP contribution < -0.4 is 10.6 Å². The van der Waals surface area contributed by atoms with Crippen molar-refractivity contribution in [1.29, 1.82) is 0 Å². The van der Waals surface area contributed by atoms with Crippen LogP contribution in [-0.4, -0.2) is 66.2 Å². The molecule has 1 aromatic rings. The molecule has 162 valence electrons. The lowest BCUT2D eigenvalue weighted by Gasteiger charge is -2.30. The van der Waals surface area contributed by atoms with Gasteiger partial charge in [-0.25, -0.2) is 4.90 Å². The number of hydrogen-bond acceptors (Lipinski definition) is 6. The van der Waals surface area contributed by atoms with Crippen LogP contribution in [0.15, 0.2) is 41.4 Å². The van der Waals surface area contributed by atoms with Gasteiger partial charge in [-0.1, -0.05) is 35.9 Å². The van der Waals surface area contributed by atoms with Crippen molar-refractivity contribution in [3.63, 3.8) is 0 Å². The average Bonchev–Trinajstić information content (AvgIpc) is 3.07. The van der Waals surface area contributed by atoms with E-state index in [4.69, 9.17) is 21.4 Å². The predicted molar refractivity (Wildman–Crippen MR) is 114 cm³/mol. The molecule has 30 heavy (non-hydrogen) atoms. The first-order valence-electron chi connectivity index (χ1n) is 9.97. The van der Waals surface area contributed by atoms with E-state index in [9.17, 15) is 9.59 Å². The number of Topliss-reactive ketones (excluding diaryl/α,β-unsaturated/α-hetero) is 1. The maximum atomic E-state index is 12.9. The zero-order valence-corrected chi connectivity index (χ0v) is 17.6. The summed E-state index contributed by atoms with van der Waals surface area (Å²) < 4.78 is 6.15. The fourth-order valence-corrected chi connectivity index (χ4v) is 3.63. The van der Waals surface area contributed by atoms with Gasteiger partial charge < -0.3 is 20.5 Å². The second-order valence-electron chi connectivity index (χ2n) is 7.22. The third-order valence-electron chi connectivity index (χ3n) is 4.99. The van der Waals surface area contributed by atoms with Gasteiger partial charge in [-0.2, -0.15) is 0 Å². The van der Waals surface area contributed by atoms with E-state index in [0.717, 1.165) is 5.56 Å². The van der Waals surface area contributed by atoms with Crippen molar-refractivity contribution in [3.8, 4) is 0 Å². The van der Waals surface area contributed by atoms with Crippen LogP contribution in [0, 0.1) is 0 Å². The predicted octanol–water partition coefficient (Wildman–Crippen LogP) is 1.23. The molecule has 1 saturated heterocycles. The SMILES string of the molecule is CN=C1NC(OC2C=CCC(=O)C2)N(Cc2ccc(Cl)cc2)C1C(=O)NCCCO. The summed E-state index contributed by atoms with van der Waals surface area (Å²) in [6, 6.07) is 6.70. The fourth-order valence-electron chi connectivity index (χ4n) is 3.50. The molecule has 0 spiro atoms. The molecule has 3 rings (SSSR count). The summed E-state index contributed by atoms with van der Waals surface area (Å²) in [7, 11) is 1.61. The van der Waals surface area contributed by atoms with Crippen molar-refractivity contribution in [1.82, 2.24) is 15.5 Å². The second-order valence-corrected chi connectivity index (χ2v) is 7.66. The minimum atomic E-state index is -0.683. The largest absolute Gasteiger partial charge is 0.396 e. The molecule has 1 aliphatic carbocycles. The van der Waals surface area contributed by atoms with Crippen LogP contribution in [0.4, 0.5) is 0 Å². The Morgan fingerprint density at radius 1 is 1.40 bits per heavy atom. The number of aliphatic imine (C=N–C) groups is 1. The number of amidine groups is 1. The van der Waals surface area contributed by atoms with E-state index in [1.54, 1.807) is 19.2 Å². The number of ether oxygens (including phenoxy) is 1. The molecule has 1 heterocycles. The van der Waals surface area contributed by atoms with E-state index in [2.05, 4.69) is 15.6 Å². The molecule has 0 aromatic heterocycles. The molecule has 2 aliphatic rings. The molecule has 0 bridgehead atoms. The summed E-state index contributed by atoms with van der Waals surface area (Å²) in [6.07, 6.45) is 3.87. The first kappa shape index (κ1) is 22.4. The summed E-state index contributed by atoms with van der Waals surface area (Å²) >= 11 is 6.00. The monoisotopic (exact) mass is 434 g/mol. The van der Waals surface area contributed by atoms with Crippen molar-refractivity contribution in [2.24, 2.45) is 4.99 Å². The quantitative estimate of drug-likeness (QED) is 0.420. The number of aliphatic hydroxyl groups excluding tert-OH is 1. The first-order chi connectivity index (χ1) is 14.5.